The molecule has 2 aromatic rings. The number of rotatable bonds is 3. The molecule has 0 atom stereocenters. The van der Waals surface area contributed by atoms with Crippen LogP contribution in [0.15, 0.2) is 42.6 Å². The number of aromatic nitrogens is 1. The van der Waals surface area contributed by atoms with Gasteiger partial charge in [-0.2, -0.15) is 5.26 Å². The minimum atomic E-state index is 0.0138. The third kappa shape index (κ3) is 2.26. The van der Waals surface area contributed by atoms with E-state index in [4.69, 9.17) is 5.26 Å². The average molecular weight is 263 g/mol. The quantitative estimate of drug-likeness (QED) is 0.853. The predicted octanol–water partition coefficient (Wildman–Crippen LogP) is 2.30. The first-order chi connectivity index (χ1) is 9.78. The first-order valence-electron chi connectivity index (χ1n) is 6.46. The molecule has 0 spiro atoms. The first-order valence-corrected chi connectivity index (χ1v) is 6.46. The number of carbonyl (C=O) groups excluding carboxylic acids is 1. The lowest BCUT2D eigenvalue weighted by Gasteiger charge is -2.15. The molecular weight excluding hydrogens is 250 g/mol. The van der Waals surface area contributed by atoms with Crippen LogP contribution in [0.2, 0.25) is 0 Å². The maximum absolute atomic E-state index is 12.3. The second-order valence-electron chi connectivity index (χ2n) is 4.81. The molecule has 1 aromatic carbocycles. The van der Waals surface area contributed by atoms with Crippen LogP contribution in [-0.2, 0) is 19.5 Å². The molecule has 1 aromatic heterocycles. The predicted molar refractivity (Wildman–Crippen MR) is 73.6 cm³/mol. The average Bonchev–Trinajstić information content (AvgIpc) is 2.77. The van der Waals surface area contributed by atoms with Gasteiger partial charge in [-0.3, -0.25) is 9.78 Å². The Bertz CT molecular complexity index is 689. The third-order valence-electron chi connectivity index (χ3n) is 3.40. The van der Waals surface area contributed by atoms with Crippen LogP contribution in [0.3, 0.4) is 0 Å². The van der Waals surface area contributed by atoms with Crippen molar-refractivity contribution in [3.63, 3.8) is 0 Å². The van der Waals surface area contributed by atoms with E-state index in [-0.39, 0.29) is 12.3 Å². The first kappa shape index (κ1) is 12.4. The zero-order valence-corrected chi connectivity index (χ0v) is 10.9. The summed E-state index contributed by atoms with van der Waals surface area (Å²) in [6.07, 6.45) is 1.87. The molecule has 98 valence electrons. The molecular formula is C16H13N3O. The fourth-order valence-corrected chi connectivity index (χ4v) is 2.43. The van der Waals surface area contributed by atoms with E-state index in [0.717, 1.165) is 16.8 Å². The van der Waals surface area contributed by atoms with Crippen LogP contribution < -0.4 is 0 Å². The van der Waals surface area contributed by atoms with Gasteiger partial charge in [-0.05, 0) is 17.2 Å². The van der Waals surface area contributed by atoms with E-state index in [1.54, 1.807) is 11.1 Å². The standard InChI is InChI=1S/C16H13N3O/c17-7-6-14-8-13-11-19(16(20)15(13)9-18-14)10-12-4-2-1-3-5-12/h1-5,8-9H,6,10-11H2. The van der Waals surface area contributed by atoms with Crippen LogP contribution in [0.4, 0.5) is 0 Å². The molecule has 0 N–H and O–H groups in total. The van der Waals surface area contributed by atoms with E-state index in [9.17, 15) is 4.79 Å². The second kappa shape index (κ2) is 5.14. The van der Waals surface area contributed by atoms with Gasteiger partial charge in [0.1, 0.15) is 0 Å². The van der Waals surface area contributed by atoms with E-state index in [2.05, 4.69) is 11.1 Å². The molecule has 4 nitrogen and oxygen atoms in total. The van der Waals surface area contributed by atoms with Gasteiger partial charge in [-0.25, -0.2) is 0 Å². The number of hydrogen-bond acceptors (Lipinski definition) is 3. The van der Waals surface area contributed by atoms with Gasteiger partial charge in [0.15, 0.2) is 0 Å². The highest BCUT2D eigenvalue weighted by atomic mass is 16.2. The van der Waals surface area contributed by atoms with Crippen molar-refractivity contribution < 1.29 is 4.79 Å². The highest BCUT2D eigenvalue weighted by Gasteiger charge is 2.27. The minimum Gasteiger partial charge on any atom is -0.330 e. The van der Waals surface area contributed by atoms with E-state index < -0.39 is 0 Å². The lowest BCUT2D eigenvalue weighted by atomic mass is 10.1. The van der Waals surface area contributed by atoms with Gasteiger partial charge in [0.05, 0.1) is 23.7 Å². The number of fused-ring (bicyclic) bond motifs is 1. The summed E-state index contributed by atoms with van der Waals surface area (Å²) >= 11 is 0. The van der Waals surface area contributed by atoms with Crippen LogP contribution in [-0.4, -0.2) is 15.8 Å². The van der Waals surface area contributed by atoms with Gasteiger partial charge < -0.3 is 4.90 Å². The lowest BCUT2D eigenvalue weighted by molar-refractivity contribution is 0.0766. The molecule has 0 bridgehead atoms. The summed E-state index contributed by atoms with van der Waals surface area (Å²) in [4.78, 5) is 18.3. The van der Waals surface area contributed by atoms with Crippen LogP contribution in [0.1, 0.15) is 27.2 Å². The Hall–Kier alpha value is -2.67. The summed E-state index contributed by atoms with van der Waals surface area (Å²) in [7, 11) is 0. The molecule has 1 amide bonds. The number of nitrogens with zero attached hydrogens (tertiary/aromatic N) is 3. The molecule has 0 aliphatic carbocycles. The topological polar surface area (TPSA) is 57.0 Å². The van der Waals surface area contributed by atoms with Crippen LogP contribution >= 0.6 is 0 Å². The van der Waals surface area contributed by atoms with Crippen molar-refractivity contribution in [3.05, 3.63) is 65.0 Å². The maximum atomic E-state index is 12.3. The molecule has 0 radical (unpaired) electrons. The Kier molecular flexibility index (Phi) is 3.18. The van der Waals surface area contributed by atoms with Crippen molar-refractivity contribution in [1.82, 2.24) is 9.88 Å². The number of amides is 1. The fourth-order valence-electron chi connectivity index (χ4n) is 2.43. The normalized spacial score (nSPS) is 13.2. The number of nitriles is 1. The molecule has 0 fully saturated rings. The molecule has 20 heavy (non-hydrogen) atoms. The molecule has 3 rings (SSSR count). The highest BCUT2D eigenvalue weighted by molar-refractivity contribution is 5.98. The van der Waals surface area contributed by atoms with E-state index in [1.165, 1.54) is 0 Å². The highest BCUT2D eigenvalue weighted by Crippen LogP contribution is 2.24. The van der Waals surface area contributed by atoms with E-state index >= 15 is 0 Å². The zero-order valence-electron chi connectivity index (χ0n) is 10.9. The summed E-state index contributed by atoms with van der Waals surface area (Å²) in [6, 6.07) is 13.9. The SMILES string of the molecule is N#CCc1cc2c(cn1)C(=O)N(Cc1ccccc1)C2. The summed E-state index contributed by atoms with van der Waals surface area (Å²) < 4.78 is 0. The van der Waals surface area contributed by atoms with Gasteiger partial charge in [-0.15, -0.1) is 0 Å². The number of carbonyl (C=O) groups is 1. The molecule has 1 aliphatic rings. The van der Waals surface area contributed by atoms with Gasteiger partial charge in [0.25, 0.3) is 5.91 Å². The van der Waals surface area contributed by atoms with Gasteiger partial charge >= 0.3 is 0 Å². The fraction of sp³-hybridized carbons (Fsp3) is 0.188. The molecule has 4 heteroatoms. The van der Waals surface area contributed by atoms with Crippen molar-refractivity contribution in [2.45, 2.75) is 19.5 Å². The van der Waals surface area contributed by atoms with Gasteiger partial charge in [-0.1, -0.05) is 30.3 Å². The van der Waals surface area contributed by atoms with Gasteiger partial charge in [0.2, 0.25) is 0 Å². The minimum absolute atomic E-state index is 0.0138. The van der Waals surface area contributed by atoms with Gasteiger partial charge in [0, 0.05) is 19.3 Å². The van der Waals surface area contributed by atoms with Crippen LogP contribution in [0, 0.1) is 11.3 Å². The summed E-state index contributed by atoms with van der Waals surface area (Å²) in [5, 5.41) is 8.70. The molecule has 0 unspecified atom stereocenters. The Morgan fingerprint density at radius 2 is 2.10 bits per heavy atom. The van der Waals surface area contributed by atoms with Crippen molar-refractivity contribution in [3.8, 4) is 6.07 Å². The molecule has 0 saturated heterocycles. The monoisotopic (exact) mass is 263 g/mol. The Morgan fingerprint density at radius 1 is 1.30 bits per heavy atom. The van der Waals surface area contributed by atoms with E-state index in [1.807, 2.05) is 36.4 Å². The van der Waals surface area contributed by atoms with E-state index in [0.29, 0.717) is 18.7 Å². The summed E-state index contributed by atoms with van der Waals surface area (Å²) in [6.45, 7) is 1.19. The lowest BCUT2D eigenvalue weighted by Crippen LogP contribution is -2.23. The van der Waals surface area contributed by atoms with Crippen molar-refractivity contribution >= 4 is 5.91 Å². The van der Waals surface area contributed by atoms with Crippen LogP contribution in [0.25, 0.3) is 0 Å². The van der Waals surface area contributed by atoms with Crippen LogP contribution in [0.5, 0.6) is 0 Å². The summed E-state index contributed by atoms with van der Waals surface area (Å²) in [5.74, 6) is 0.0138. The Balaban J connectivity index is 1.82. The molecule has 0 saturated carbocycles. The van der Waals surface area contributed by atoms with Crippen molar-refractivity contribution in [2.75, 3.05) is 0 Å². The second-order valence-corrected chi connectivity index (χ2v) is 4.81. The zero-order chi connectivity index (χ0) is 13.9. The summed E-state index contributed by atoms with van der Waals surface area (Å²) in [5.41, 5.74) is 3.45. The number of benzene rings is 1. The maximum Gasteiger partial charge on any atom is 0.256 e. The number of hydrogen-bond donors (Lipinski definition) is 0. The Labute approximate surface area is 117 Å². The smallest absolute Gasteiger partial charge is 0.256 e. The number of pyridine rings is 1. The van der Waals surface area contributed by atoms with Crippen molar-refractivity contribution in [2.24, 2.45) is 0 Å². The molecule has 2 heterocycles. The molecule has 1 aliphatic heterocycles. The largest absolute Gasteiger partial charge is 0.330 e. The van der Waals surface area contributed by atoms with Crippen molar-refractivity contribution in [1.29, 1.82) is 5.26 Å². The Morgan fingerprint density at radius 3 is 2.85 bits per heavy atom. The third-order valence-corrected chi connectivity index (χ3v) is 3.40.